The van der Waals surface area contributed by atoms with Crippen LogP contribution in [-0.4, -0.2) is 14.2 Å². The fraction of sp³-hybridized carbons (Fsp3) is 0.118. The summed E-state index contributed by atoms with van der Waals surface area (Å²) in [6.07, 6.45) is 0. The van der Waals surface area contributed by atoms with E-state index in [0.717, 1.165) is 0 Å². The molecule has 1 heterocycles. The van der Waals surface area contributed by atoms with Crippen molar-refractivity contribution in [1.29, 1.82) is 0 Å². The molecular formula is C17H15NO4. The number of ether oxygens (including phenoxy) is 2. The Bertz CT molecular complexity index is 899. The van der Waals surface area contributed by atoms with Crippen molar-refractivity contribution in [3.8, 4) is 22.8 Å². The van der Waals surface area contributed by atoms with Gasteiger partial charge in [-0.3, -0.25) is 4.79 Å². The minimum Gasteiger partial charge on any atom is -0.493 e. The Hall–Kier alpha value is -2.95. The second-order valence-corrected chi connectivity index (χ2v) is 4.74. The first-order chi connectivity index (χ1) is 10.7. The van der Waals surface area contributed by atoms with Gasteiger partial charge in [0.2, 0.25) is 5.43 Å². The summed E-state index contributed by atoms with van der Waals surface area (Å²) in [6, 6.07) is 12.2. The van der Waals surface area contributed by atoms with E-state index in [-0.39, 0.29) is 11.1 Å². The fourth-order valence-corrected chi connectivity index (χ4v) is 2.35. The molecule has 0 atom stereocenters. The van der Waals surface area contributed by atoms with Crippen molar-refractivity contribution >= 4 is 16.7 Å². The lowest BCUT2D eigenvalue weighted by atomic mass is 10.1. The summed E-state index contributed by atoms with van der Waals surface area (Å²) in [6.45, 7) is 0. The van der Waals surface area contributed by atoms with E-state index in [2.05, 4.69) is 0 Å². The number of para-hydroxylation sites is 1. The topological polar surface area (TPSA) is 74.7 Å². The van der Waals surface area contributed by atoms with E-state index in [1.54, 1.807) is 56.7 Å². The smallest absolute Gasteiger partial charge is 0.216 e. The van der Waals surface area contributed by atoms with Crippen molar-refractivity contribution in [2.45, 2.75) is 0 Å². The maximum atomic E-state index is 12.4. The van der Waals surface area contributed by atoms with Crippen molar-refractivity contribution in [2.75, 3.05) is 20.0 Å². The molecule has 0 spiro atoms. The fourth-order valence-electron chi connectivity index (χ4n) is 2.35. The van der Waals surface area contributed by atoms with E-state index in [1.807, 2.05) is 0 Å². The standard InChI is InChI=1S/C17H15NO4/c1-20-13-8-7-10(9-14(13)21-2)17-15(18)16(19)11-5-3-4-6-12(11)22-17/h3-9H,18H2,1-2H3. The molecule has 112 valence electrons. The number of benzene rings is 2. The number of nitrogens with two attached hydrogens (primary N) is 1. The lowest BCUT2D eigenvalue weighted by Crippen LogP contribution is -2.09. The van der Waals surface area contributed by atoms with Crippen molar-refractivity contribution in [1.82, 2.24) is 0 Å². The quantitative estimate of drug-likeness (QED) is 0.804. The van der Waals surface area contributed by atoms with E-state index < -0.39 is 0 Å². The lowest BCUT2D eigenvalue weighted by Gasteiger charge is -2.11. The maximum absolute atomic E-state index is 12.4. The SMILES string of the molecule is COc1ccc(-c2oc3ccccc3c(=O)c2N)cc1OC. The molecule has 2 N–H and O–H groups in total. The molecular weight excluding hydrogens is 282 g/mol. The van der Waals surface area contributed by atoms with Crippen LogP contribution in [0.2, 0.25) is 0 Å². The van der Waals surface area contributed by atoms with Gasteiger partial charge in [-0.15, -0.1) is 0 Å². The third kappa shape index (κ3) is 2.16. The molecule has 0 aliphatic carbocycles. The van der Waals surface area contributed by atoms with Crippen molar-refractivity contribution in [3.05, 3.63) is 52.7 Å². The summed E-state index contributed by atoms with van der Waals surface area (Å²) in [4.78, 5) is 12.4. The average molecular weight is 297 g/mol. The van der Waals surface area contributed by atoms with Crippen LogP contribution in [-0.2, 0) is 0 Å². The Balaban J connectivity index is 2.26. The Kier molecular flexibility index (Phi) is 3.47. The van der Waals surface area contributed by atoms with Gasteiger partial charge in [0.05, 0.1) is 19.6 Å². The second kappa shape index (κ2) is 5.44. The maximum Gasteiger partial charge on any atom is 0.216 e. The summed E-state index contributed by atoms with van der Waals surface area (Å²) in [5.41, 5.74) is 6.94. The van der Waals surface area contributed by atoms with E-state index in [0.29, 0.717) is 33.8 Å². The molecule has 3 aromatic rings. The molecule has 0 bridgehead atoms. The highest BCUT2D eigenvalue weighted by Gasteiger charge is 2.15. The minimum absolute atomic E-state index is 0.0749. The molecule has 1 aromatic heterocycles. The van der Waals surface area contributed by atoms with Gasteiger partial charge in [-0.05, 0) is 30.3 Å². The second-order valence-electron chi connectivity index (χ2n) is 4.74. The number of hydrogen-bond acceptors (Lipinski definition) is 5. The molecule has 5 nitrogen and oxygen atoms in total. The molecule has 22 heavy (non-hydrogen) atoms. The van der Waals surface area contributed by atoms with E-state index >= 15 is 0 Å². The zero-order chi connectivity index (χ0) is 15.7. The minimum atomic E-state index is -0.244. The van der Waals surface area contributed by atoms with Gasteiger partial charge in [0.15, 0.2) is 17.3 Å². The summed E-state index contributed by atoms with van der Waals surface area (Å²) < 4.78 is 16.3. The first-order valence-corrected chi connectivity index (χ1v) is 6.69. The summed E-state index contributed by atoms with van der Waals surface area (Å²) in [5, 5.41) is 0.462. The number of rotatable bonds is 3. The van der Waals surface area contributed by atoms with E-state index in [9.17, 15) is 4.79 Å². The largest absolute Gasteiger partial charge is 0.493 e. The number of anilines is 1. The lowest BCUT2D eigenvalue weighted by molar-refractivity contribution is 0.355. The average Bonchev–Trinajstić information content (AvgIpc) is 2.57. The number of fused-ring (bicyclic) bond motifs is 1. The van der Waals surface area contributed by atoms with Crippen LogP contribution in [0.4, 0.5) is 5.69 Å². The van der Waals surface area contributed by atoms with Gasteiger partial charge in [-0.1, -0.05) is 12.1 Å². The molecule has 5 heteroatoms. The van der Waals surface area contributed by atoms with Crippen molar-refractivity contribution < 1.29 is 13.9 Å². The highest BCUT2D eigenvalue weighted by Crippen LogP contribution is 2.34. The van der Waals surface area contributed by atoms with Crippen LogP contribution in [0.1, 0.15) is 0 Å². The molecule has 0 saturated carbocycles. The number of nitrogen functional groups attached to an aromatic ring is 1. The third-order valence-electron chi connectivity index (χ3n) is 3.48. The van der Waals surface area contributed by atoms with Gasteiger partial charge in [-0.2, -0.15) is 0 Å². The zero-order valence-electron chi connectivity index (χ0n) is 12.3. The summed E-state index contributed by atoms with van der Waals surface area (Å²) in [7, 11) is 3.10. The van der Waals surface area contributed by atoms with E-state index in [1.165, 1.54) is 0 Å². The molecule has 0 unspecified atom stereocenters. The summed E-state index contributed by atoms with van der Waals surface area (Å²) in [5.74, 6) is 1.45. The van der Waals surface area contributed by atoms with Crippen LogP contribution >= 0.6 is 0 Å². The third-order valence-corrected chi connectivity index (χ3v) is 3.48. The molecule has 3 rings (SSSR count). The predicted octanol–water partition coefficient (Wildman–Crippen LogP) is 3.06. The van der Waals surface area contributed by atoms with Gasteiger partial charge in [0, 0.05) is 5.56 Å². The molecule has 0 aliphatic heterocycles. The molecule has 0 saturated heterocycles. The molecule has 2 aromatic carbocycles. The first-order valence-electron chi connectivity index (χ1n) is 6.69. The van der Waals surface area contributed by atoms with Gasteiger partial charge in [0.1, 0.15) is 11.3 Å². The van der Waals surface area contributed by atoms with Crippen LogP contribution in [0.3, 0.4) is 0 Å². The zero-order valence-corrected chi connectivity index (χ0v) is 12.3. The highest BCUT2D eigenvalue weighted by atomic mass is 16.5. The molecule has 0 aliphatic rings. The van der Waals surface area contributed by atoms with Crippen LogP contribution in [0.15, 0.2) is 51.7 Å². The highest BCUT2D eigenvalue weighted by molar-refractivity contribution is 5.85. The normalized spacial score (nSPS) is 10.6. The van der Waals surface area contributed by atoms with Crippen LogP contribution in [0.25, 0.3) is 22.3 Å². The van der Waals surface area contributed by atoms with Crippen LogP contribution in [0.5, 0.6) is 11.5 Å². The predicted molar refractivity (Wildman–Crippen MR) is 85.4 cm³/mol. The van der Waals surface area contributed by atoms with Gasteiger partial charge in [-0.25, -0.2) is 0 Å². The molecule has 0 fully saturated rings. The van der Waals surface area contributed by atoms with Crippen molar-refractivity contribution in [3.63, 3.8) is 0 Å². The monoisotopic (exact) mass is 297 g/mol. The Morgan fingerprint density at radius 2 is 1.73 bits per heavy atom. The van der Waals surface area contributed by atoms with Gasteiger partial charge < -0.3 is 19.6 Å². The Morgan fingerprint density at radius 1 is 1.00 bits per heavy atom. The molecule has 0 amide bonds. The Morgan fingerprint density at radius 3 is 2.45 bits per heavy atom. The van der Waals surface area contributed by atoms with Crippen LogP contribution < -0.4 is 20.6 Å². The van der Waals surface area contributed by atoms with Crippen LogP contribution in [0, 0.1) is 0 Å². The molecule has 0 radical (unpaired) electrons. The number of hydrogen-bond donors (Lipinski definition) is 1. The summed E-state index contributed by atoms with van der Waals surface area (Å²) >= 11 is 0. The van der Waals surface area contributed by atoms with Crippen molar-refractivity contribution in [2.24, 2.45) is 0 Å². The van der Waals surface area contributed by atoms with Gasteiger partial charge in [0.25, 0.3) is 0 Å². The first kappa shape index (κ1) is 14.0. The van der Waals surface area contributed by atoms with E-state index in [4.69, 9.17) is 19.6 Å². The number of methoxy groups -OCH3 is 2. The Labute approximate surface area is 126 Å². The van der Waals surface area contributed by atoms with Gasteiger partial charge >= 0.3 is 0 Å².